The average molecular weight is 329 g/mol. The summed E-state index contributed by atoms with van der Waals surface area (Å²) in [5.41, 5.74) is 3.84. The van der Waals surface area contributed by atoms with E-state index in [1.165, 1.54) is 5.56 Å². The van der Waals surface area contributed by atoms with Gasteiger partial charge in [-0.25, -0.2) is 15.0 Å². The number of hydrogen-bond acceptors (Lipinski definition) is 4. The van der Waals surface area contributed by atoms with Crippen LogP contribution in [-0.2, 0) is 0 Å². The van der Waals surface area contributed by atoms with Crippen LogP contribution in [-0.4, -0.2) is 19.5 Å². The molecule has 2 aromatic heterocycles. The van der Waals surface area contributed by atoms with Gasteiger partial charge in [-0.1, -0.05) is 55.5 Å². The number of imidazole rings is 1. The first kappa shape index (κ1) is 15.3. The third kappa shape index (κ3) is 2.96. The Balaban J connectivity index is 1.72. The predicted molar refractivity (Wildman–Crippen MR) is 99.8 cm³/mol. The van der Waals surface area contributed by atoms with Crippen molar-refractivity contribution in [1.82, 2.24) is 19.5 Å². The highest BCUT2D eigenvalue weighted by atomic mass is 15.2. The number of hydrogen-bond donors (Lipinski definition) is 1. The second-order valence-electron chi connectivity index (χ2n) is 5.86. The second kappa shape index (κ2) is 6.73. The number of nitrogens with zero attached hydrogens (tertiary/aromatic N) is 4. The lowest BCUT2D eigenvalue weighted by molar-refractivity contribution is 0.745. The summed E-state index contributed by atoms with van der Waals surface area (Å²) in [5.74, 6) is 0.760. The lowest BCUT2D eigenvalue weighted by atomic mass is 10.0. The van der Waals surface area contributed by atoms with Crippen LogP contribution in [0, 0.1) is 0 Å². The molecule has 2 aromatic carbocycles. The van der Waals surface area contributed by atoms with Gasteiger partial charge >= 0.3 is 0 Å². The minimum Gasteiger partial charge on any atom is -0.361 e. The van der Waals surface area contributed by atoms with Crippen LogP contribution in [0.2, 0.25) is 0 Å². The minimum atomic E-state index is 0.182. The molecule has 1 unspecified atom stereocenters. The fraction of sp³-hybridized carbons (Fsp3) is 0.150. The Labute approximate surface area is 146 Å². The maximum Gasteiger partial charge on any atom is 0.170 e. The number of nitrogens with one attached hydrogen (secondary N) is 1. The fourth-order valence-corrected chi connectivity index (χ4v) is 2.99. The van der Waals surface area contributed by atoms with Gasteiger partial charge in [0.25, 0.3) is 0 Å². The predicted octanol–water partition coefficient (Wildman–Crippen LogP) is 4.38. The number of aromatic nitrogens is 4. The maximum atomic E-state index is 4.55. The zero-order valence-corrected chi connectivity index (χ0v) is 14.0. The Morgan fingerprint density at radius 2 is 1.64 bits per heavy atom. The molecule has 0 amide bonds. The van der Waals surface area contributed by atoms with E-state index in [1.54, 1.807) is 12.7 Å². The van der Waals surface area contributed by atoms with Crippen LogP contribution in [0.1, 0.15) is 24.9 Å². The van der Waals surface area contributed by atoms with E-state index in [-0.39, 0.29) is 6.04 Å². The summed E-state index contributed by atoms with van der Waals surface area (Å²) in [6.45, 7) is 2.16. The Hall–Kier alpha value is -3.21. The standard InChI is InChI=1S/C20H19N5/c1-2-17(15-9-5-3-6-10-15)24-19-18-20(22-13-21-19)25(14-23-18)16-11-7-4-8-12-16/h3-14,17H,2H2,1H3,(H,21,22,24). The summed E-state index contributed by atoms with van der Waals surface area (Å²) >= 11 is 0. The van der Waals surface area contributed by atoms with E-state index >= 15 is 0 Å². The van der Waals surface area contributed by atoms with Gasteiger partial charge in [0.15, 0.2) is 17.0 Å². The third-order valence-electron chi connectivity index (χ3n) is 4.29. The topological polar surface area (TPSA) is 55.6 Å². The Morgan fingerprint density at radius 3 is 2.36 bits per heavy atom. The summed E-state index contributed by atoms with van der Waals surface area (Å²) in [6, 6.07) is 20.7. The largest absolute Gasteiger partial charge is 0.361 e. The Kier molecular flexibility index (Phi) is 4.12. The molecule has 4 rings (SSSR count). The zero-order valence-electron chi connectivity index (χ0n) is 14.0. The molecule has 0 aliphatic heterocycles. The zero-order chi connectivity index (χ0) is 17.1. The van der Waals surface area contributed by atoms with E-state index < -0.39 is 0 Å². The minimum absolute atomic E-state index is 0.182. The number of benzene rings is 2. The summed E-state index contributed by atoms with van der Waals surface area (Å²) in [6.07, 6.45) is 4.34. The molecule has 1 N–H and O–H groups in total. The Morgan fingerprint density at radius 1 is 0.920 bits per heavy atom. The molecule has 1 atom stereocenters. The molecule has 0 spiro atoms. The SMILES string of the molecule is CCC(Nc1ncnc2c1ncn2-c1ccccc1)c1ccccc1. The highest BCUT2D eigenvalue weighted by Gasteiger charge is 2.15. The van der Waals surface area contributed by atoms with Crippen LogP contribution in [0.3, 0.4) is 0 Å². The van der Waals surface area contributed by atoms with Crippen LogP contribution in [0.15, 0.2) is 73.3 Å². The van der Waals surface area contributed by atoms with Gasteiger partial charge in [0.1, 0.15) is 12.7 Å². The molecule has 0 saturated carbocycles. The van der Waals surface area contributed by atoms with Crippen LogP contribution in [0.5, 0.6) is 0 Å². The van der Waals surface area contributed by atoms with Crippen LogP contribution in [0.4, 0.5) is 5.82 Å². The quantitative estimate of drug-likeness (QED) is 0.590. The van der Waals surface area contributed by atoms with Crippen molar-refractivity contribution in [3.63, 3.8) is 0 Å². The van der Waals surface area contributed by atoms with Crippen molar-refractivity contribution >= 4 is 17.0 Å². The van der Waals surface area contributed by atoms with E-state index in [0.29, 0.717) is 0 Å². The molecular formula is C20H19N5. The van der Waals surface area contributed by atoms with Gasteiger partial charge in [-0.2, -0.15) is 0 Å². The van der Waals surface area contributed by atoms with Crippen molar-refractivity contribution in [2.24, 2.45) is 0 Å². The first-order valence-electron chi connectivity index (χ1n) is 8.41. The molecule has 124 valence electrons. The normalized spacial score (nSPS) is 12.2. The van der Waals surface area contributed by atoms with Gasteiger partial charge < -0.3 is 5.32 Å². The van der Waals surface area contributed by atoms with Crippen molar-refractivity contribution in [2.75, 3.05) is 5.32 Å². The summed E-state index contributed by atoms with van der Waals surface area (Å²) in [4.78, 5) is 13.4. The van der Waals surface area contributed by atoms with Crippen molar-refractivity contribution < 1.29 is 0 Å². The van der Waals surface area contributed by atoms with Gasteiger partial charge in [0.2, 0.25) is 0 Å². The van der Waals surface area contributed by atoms with Crippen molar-refractivity contribution in [3.8, 4) is 5.69 Å². The lowest BCUT2D eigenvalue weighted by Crippen LogP contribution is -2.11. The van der Waals surface area contributed by atoms with E-state index in [2.05, 4.69) is 51.5 Å². The molecule has 0 aliphatic rings. The van der Waals surface area contributed by atoms with Gasteiger partial charge in [0.05, 0.1) is 6.04 Å². The van der Waals surface area contributed by atoms with Crippen LogP contribution in [0.25, 0.3) is 16.9 Å². The molecule has 2 heterocycles. The average Bonchev–Trinajstić information content (AvgIpc) is 3.12. The molecule has 25 heavy (non-hydrogen) atoms. The highest BCUT2D eigenvalue weighted by Crippen LogP contribution is 2.26. The van der Waals surface area contributed by atoms with Crippen molar-refractivity contribution in [3.05, 3.63) is 78.9 Å². The first-order chi connectivity index (χ1) is 12.4. The smallest absolute Gasteiger partial charge is 0.170 e. The molecule has 0 bridgehead atoms. The fourth-order valence-electron chi connectivity index (χ4n) is 2.99. The molecule has 5 heteroatoms. The molecule has 0 aliphatic carbocycles. The summed E-state index contributed by atoms with van der Waals surface area (Å²) in [7, 11) is 0. The van der Waals surface area contributed by atoms with Gasteiger partial charge in [-0.05, 0) is 24.1 Å². The summed E-state index contributed by atoms with van der Waals surface area (Å²) < 4.78 is 1.98. The monoisotopic (exact) mass is 329 g/mol. The number of rotatable bonds is 5. The van der Waals surface area contributed by atoms with E-state index in [1.807, 2.05) is 41.0 Å². The van der Waals surface area contributed by atoms with Gasteiger partial charge in [0, 0.05) is 5.69 Å². The molecule has 5 nitrogen and oxygen atoms in total. The lowest BCUT2D eigenvalue weighted by Gasteiger charge is -2.18. The molecule has 0 saturated heterocycles. The molecule has 0 radical (unpaired) electrons. The maximum absolute atomic E-state index is 4.55. The molecule has 4 aromatic rings. The van der Waals surface area contributed by atoms with Gasteiger partial charge in [-0.15, -0.1) is 0 Å². The van der Waals surface area contributed by atoms with Crippen LogP contribution >= 0.6 is 0 Å². The highest BCUT2D eigenvalue weighted by molar-refractivity contribution is 5.84. The van der Waals surface area contributed by atoms with Crippen LogP contribution < -0.4 is 5.32 Å². The number of anilines is 1. The molecular weight excluding hydrogens is 310 g/mol. The summed E-state index contributed by atoms with van der Waals surface area (Å²) in [5, 5.41) is 3.53. The third-order valence-corrected chi connectivity index (χ3v) is 4.29. The second-order valence-corrected chi connectivity index (χ2v) is 5.86. The van der Waals surface area contributed by atoms with E-state index in [4.69, 9.17) is 0 Å². The first-order valence-corrected chi connectivity index (χ1v) is 8.41. The van der Waals surface area contributed by atoms with E-state index in [0.717, 1.165) is 29.1 Å². The van der Waals surface area contributed by atoms with Gasteiger partial charge in [-0.3, -0.25) is 4.57 Å². The van der Waals surface area contributed by atoms with E-state index in [9.17, 15) is 0 Å². The van der Waals surface area contributed by atoms with Crippen molar-refractivity contribution in [1.29, 1.82) is 0 Å². The Bertz CT molecular complexity index is 963. The number of fused-ring (bicyclic) bond motifs is 1. The number of para-hydroxylation sites is 1. The van der Waals surface area contributed by atoms with Crippen molar-refractivity contribution in [2.45, 2.75) is 19.4 Å². The molecule has 0 fully saturated rings.